The van der Waals surface area contributed by atoms with Crippen molar-refractivity contribution in [3.63, 3.8) is 0 Å². The summed E-state index contributed by atoms with van der Waals surface area (Å²) in [5.41, 5.74) is 7.56. The van der Waals surface area contributed by atoms with E-state index in [-0.39, 0.29) is 11.3 Å². The lowest BCUT2D eigenvalue weighted by atomic mass is 10.1. The molecule has 0 saturated heterocycles. The molecule has 0 aromatic heterocycles. The third-order valence-corrected chi connectivity index (χ3v) is 6.05. The van der Waals surface area contributed by atoms with Crippen LogP contribution in [0.4, 0.5) is 11.4 Å². The lowest BCUT2D eigenvalue weighted by molar-refractivity contribution is -0.138. The fourth-order valence-electron chi connectivity index (χ4n) is 3.15. The summed E-state index contributed by atoms with van der Waals surface area (Å²) in [4.78, 5) is 13.0. The number of rotatable bonds is 7. The summed E-state index contributed by atoms with van der Waals surface area (Å²) in [6.45, 7) is 0. The number of carbonyl (C=O) groups is 1. The van der Waals surface area contributed by atoms with Gasteiger partial charge < -0.3 is 15.7 Å². The van der Waals surface area contributed by atoms with Gasteiger partial charge in [0, 0.05) is 36.2 Å². The van der Waals surface area contributed by atoms with Crippen molar-refractivity contribution in [2.24, 2.45) is 5.73 Å². The first-order valence-corrected chi connectivity index (χ1v) is 10.5. The van der Waals surface area contributed by atoms with E-state index in [9.17, 15) is 13.2 Å². The number of benzene rings is 3. The van der Waals surface area contributed by atoms with E-state index in [1.807, 2.05) is 37.2 Å². The third kappa shape index (κ3) is 4.49. The molecule has 1 atom stereocenters. The second kappa shape index (κ2) is 8.10. The topological polar surface area (TPSA) is 113 Å². The molecule has 0 spiro atoms. The van der Waals surface area contributed by atoms with Gasteiger partial charge in [-0.05, 0) is 36.2 Å². The van der Waals surface area contributed by atoms with Gasteiger partial charge in [-0.2, -0.15) is 0 Å². The number of hydrogen-bond acceptors (Lipinski definition) is 5. The fraction of sp³-hybridized carbons (Fsp3) is 0.190. The van der Waals surface area contributed by atoms with Crippen molar-refractivity contribution >= 4 is 38.1 Å². The standard InChI is InChI=1S/C21H23N3O4S/c1-24(2)19-7-3-6-17-16(19)5-4-8-20(17)29(27,28)23-15-11-9-14(10-12-15)13-18(22)21(25)26/h3-12,18,23H,13,22H2,1-2H3,(H,25,26). The van der Waals surface area contributed by atoms with E-state index in [0.717, 1.165) is 11.1 Å². The highest BCUT2D eigenvalue weighted by Gasteiger charge is 2.19. The Labute approximate surface area is 169 Å². The molecule has 29 heavy (non-hydrogen) atoms. The molecule has 0 fully saturated rings. The summed E-state index contributed by atoms with van der Waals surface area (Å²) >= 11 is 0. The summed E-state index contributed by atoms with van der Waals surface area (Å²) in [7, 11) is -0.00158. The van der Waals surface area contributed by atoms with E-state index < -0.39 is 22.0 Å². The van der Waals surface area contributed by atoms with Gasteiger partial charge in [0.15, 0.2) is 0 Å². The molecule has 0 aliphatic heterocycles. The van der Waals surface area contributed by atoms with Crippen LogP contribution in [-0.4, -0.2) is 39.6 Å². The zero-order valence-corrected chi connectivity index (χ0v) is 17.0. The zero-order valence-electron chi connectivity index (χ0n) is 16.2. The number of sulfonamides is 1. The van der Waals surface area contributed by atoms with Crippen LogP contribution < -0.4 is 15.4 Å². The van der Waals surface area contributed by atoms with Gasteiger partial charge in [0.05, 0.1) is 4.90 Å². The van der Waals surface area contributed by atoms with Crippen LogP contribution in [-0.2, 0) is 21.2 Å². The SMILES string of the molecule is CN(C)c1cccc2c(S(=O)(=O)Nc3ccc(CC(N)C(=O)O)cc3)cccc12. The third-order valence-electron chi connectivity index (χ3n) is 4.61. The van der Waals surface area contributed by atoms with E-state index in [1.165, 1.54) is 0 Å². The molecule has 0 aliphatic carbocycles. The molecule has 0 heterocycles. The molecule has 152 valence electrons. The minimum atomic E-state index is -3.82. The first kappa shape index (κ1) is 20.6. The van der Waals surface area contributed by atoms with Crippen molar-refractivity contribution in [2.45, 2.75) is 17.4 Å². The highest BCUT2D eigenvalue weighted by atomic mass is 32.2. The number of nitrogens with one attached hydrogen (secondary N) is 1. The Hall–Kier alpha value is -3.10. The smallest absolute Gasteiger partial charge is 0.320 e. The number of carboxylic acids is 1. The fourth-order valence-corrected chi connectivity index (χ4v) is 4.43. The average Bonchev–Trinajstić information content (AvgIpc) is 2.68. The van der Waals surface area contributed by atoms with Crippen LogP contribution in [0.5, 0.6) is 0 Å². The minimum absolute atomic E-state index is 0.166. The van der Waals surface area contributed by atoms with Gasteiger partial charge in [0.25, 0.3) is 10.0 Å². The van der Waals surface area contributed by atoms with E-state index in [4.69, 9.17) is 10.8 Å². The molecular weight excluding hydrogens is 390 g/mol. The summed E-state index contributed by atoms with van der Waals surface area (Å²) in [6, 6.07) is 16.3. The molecule has 0 aliphatic rings. The van der Waals surface area contributed by atoms with Gasteiger partial charge in [-0.15, -0.1) is 0 Å². The number of fused-ring (bicyclic) bond motifs is 1. The maximum atomic E-state index is 13.0. The molecule has 4 N–H and O–H groups in total. The Morgan fingerprint density at radius 3 is 2.28 bits per heavy atom. The summed E-state index contributed by atoms with van der Waals surface area (Å²) < 4.78 is 28.6. The number of carboxylic acid groups (broad SMARTS) is 1. The Kier molecular flexibility index (Phi) is 5.76. The Morgan fingerprint density at radius 1 is 1.03 bits per heavy atom. The molecular formula is C21H23N3O4S. The zero-order chi connectivity index (χ0) is 21.2. The number of hydrogen-bond donors (Lipinski definition) is 3. The quantitative estimate of drug-likeness (QED) is 0.549. The molecule has 3 aromatic rings. The predicted octanol–water partition coefficient (Wildman–Crippen LogP) is 2.66. The maximum absolute atomic E-state index is 13.0. The molecule has 0 saturated carbocycles. The normalized spacial score (nSPS) is 12.5. The molecule has 7 nitrogen and oxygen atoms in total. The molecule has 1 unspecified atom stereocenters. The first-order valence-electron chi connectivity index (χ1n) is 8.98. The van der Waals surface area contributed by atoms with Gasteiger partial charge in [-0.1, -0.05) is 36.4 Å². The molecule has 3 aromatic carbocycles. The summed E-state index contributed by atoms with van der Waals surface area (Å²) in [6.07, 6.45) is 0.166. The Bertz CT molecular complexity index is 1140. The van der Waals surface area contributed by atoms with Gasteiger partial charge in [-0.25, -0.2) is 8.42 Å². The van der Waals surface area contributed by atoms with E-state index in [2.05, 4.69) is 4.72 Å². The van der Waals surface area contributed by atoms with Crippen molar-refractivity contribution in [1.82, 2.24) is 0 Å². The van der Waals surface area contributed by atoms with Gasteiger partial charge in [0.2, 0.25) is 0 Å². The molecule has 8 heteroatoms. The van der Waals surface area contributed by atoms with Crippen molar-refractivity contribution in [3.8, 4) is 0 Å². The largest absolute Gasteiger partial charge is 0.480 e. The number of aliphatic carboxylic acids is 1. The maximum Gasteiger partial charge on any atom is 0.320 e. The van der Waals surface area contributed by atoms with Crippen LogP contribution in [0.15, 0.2) is 65.6 Å². The lowest BCUT2D eigenvalue weighted by Gasteiger charge is -2.17. The van der Waals surface area contributed by atoms with Crippen LogP contribution in [0.3, 0.4) is 0 Å². The number of anilines is 2. The van der Waals surface area contributed by atoms with Crippen molar-refractivity contribution in [3.05, 3.63) is 66.2 Å². The molecule has 0 amide bonds. The molecule has 0 bridgehead atoms. The van der Waals surface area contributed by atoms with Gasteiger partial charge >= 0.3 is 5.97 Å². The van der Waals surface area contributed by atoms with Crippen LogP contribution in [0.25, 0.3) is 10.8 Å². The van der Waals surface area contributed by atoms with Gasteiger partial charge in [0.1, 0.15) is 6.04 Å². The predicted molar refractivity (Wildman–Crippen MR) is 115 cm³/mol. The van der Waals surface area contributed by atoms with Crippen LogP contribution >= 0.6 is 0 Å². The van der Waals surface area contributed by atoms with Crippen LogP contribution in [0.1, 0.15) is 5.56 Å². The minimum Gasteiger partial charge on any atom is -0.480 e. The van der Waals surface area contributed by atoms with E-state index >= 15 is 0 Å². The lowest BCUT2D eigenvalue weighted by Crippen LogP contribution is -2.32. The Balaban J connectivity index is 1.90. The number of nitrogens with two attached hydrogens (primary N) is 1. The second-order valence-corrected chi connectivity index (χ2v) is 8.62. The highest BCUT2D eigenvalue weighted by molar-refractivity contribution is 7.93. The second-order valence-electron chi connectivity index (χ2n) is 6.97. The van der Waals surface area contributed by atoms with Crippen molar-refractivity contribution < 1.29 is 18.3 Å². The van der Waals surface area contributed by atoms with Crippen molar-refractivity contribution in [2.75, 3.05) is 23.7 Å². The number of nitrogens with zero attached hydrogens (tertiary/aromatic N) is 1. The van der Waals surface area contributed by atoms with Crippen LogP contribution in [0, 0.1) is 0 Å². The molecule has 0 radical (unpaired) electrons. The van der Waals surface area contributed by atoms with E-state index in [1.54, 1.807) is 42.5 Å². The Morgan fingerprint density at radius 2 is 1.66 bits per heavy atom. The first-order chi connectivity index (χ1) is 13.7. The van der Waals surface area contributed by atoms with Crippen molar-refractivity contribution in [1.29, 1.82) is 0 Å². The summed E-state index contributed by atoms with van der Waals surface area (Å²) in [5, 5.41) is 10.4. The van der Waals surface area contributed by atoms with Gasteiger partial charge in [-0.3, -0.25) is 9.52 Å². The average molecular weight is 413 g/mol. The highest BCUT2D eigenvalue weighted by Crippen LogP contribution is 2.31. The summed E-state index contributed by atoms with van der Waals surface area (Å²) in [5.74, 6) is -1.08. The van der Waals surface area contributed by atoms with Crippen LogP contribution in [0.2, 0.25) is 0 Å². The van der Waals surface area contributed by atoms with E-state index in [0.29, 0.717) is 16.6 Å². The monoisotopic (exact) mass is 413 g/mol. The molecule has 3 rings (SSSR count).